The molecule has 136 valence electrons. The molecular formula is C17H18FN5O3. The number of aliphatic hydroxyl groups excluding tert-OH is 1. The Morgan fingerprint density at radius 1 is 1.23 bits per heavy atom. The molecule has 3 aromatic rings. The lowest BCUT2D eigenvalue weighted by Gasteiger charge is -2.16. The van der Waals surface area contributed by atoms with Gasteiger partial charge in [-0.1, -0.05) is 30.3 Å². The van der Waals surface area contributed by atoms with Gasteiger partial charge in [-0.15, -0.1) is 0 Å². The molecule has 26 heavy (non-hydrogen) atoms. The van der Waals surface area contributed by atoms with Crippen LogP contribution in [0.4, 0.5) is 10.2 Å². The number of fused-ring (bicyclic) bond motifs is 1. The Morgan fingerprint density at radius 3 is 2.85 bits per heavy atom. The monoisotopic (exact) mass is 359 g/mol. The molecular weight excluding hydrogens is 341 g/mol. The summed E-state index contributed by atoms with van der Waals surface area (Å²) in [5, 5.41) is 10.3. The number of aliphatic hydroxyl groups is 1. The van der Waals surface area contributed by atoms with E-state index in [-0.39, 0.29) is 12.4 Å². The minimum Gasteiger partial charge on any atom is -0.385 e. The Hall–Kier alpha value is -2.62. The fourth-order valence-corrected chi connectivity index (χ4v) is 3.00. The van der Waals surface area contributed by atoms with E-state index < -0.39 is 24.6 Å². The van der Waals surface area contributed by atoms with Crippen LogP contribution in [0, 0.1) is 0 Å². The van der Waals surface area contributed by atoms with Crippen molar-refractivity contribution in [3.05, 3.63) is 48.5 Å². The lowest BCUT2D eigenvalue weighted by atomic mass is 10.1. The molecule has 1 saturated heterocycles. The van der Waals surface area contributed by atoms with Crippen molar-refractivity contribution in [1.29, 1.82) is 0 Å². The van der Waals surface area contributed by atoms with Gasteiger partial charge in [0.15, 0.2) is 23.9 Å². The lowest BCUT2D eigenvalue weighted by Crippen LogP contribution is -2.30. The summed E-state index contributed by atoms with van der Waals surface area (Å²) < 4.78 is 27.2. The van der Waals surface area contributed by atoms with Gasteiger partial charge >= 0.3 is 0 Å². The molecule has 3 N–H and O–H groups in total. The predicted octanol–water partition coefficient (Wildman–Crippen LogP) is 1.22. The number of nitrogens with two attached hydrogens (primary N) is 1. The summed E-state index contributed by atoms with van der Waals surface area (Å²) in [6.07, 6.45) is -2.13. The molecule has 0 aliphatic carbocycles. The highest BCUT2D eigenvalue weighted by Gasteiger charge is 2.45. The van der Waals surface area contributed by atoms with Gasteiger partial charge in [0.1, 0.15) is 24.1 Å². The Morgan fingerprint density at radius 2 is 2.04 bits per heavy atom. The largest absolute Gasteiger partial charge is 0.385 e. The second kappa shape index (κ2) is 6.94. The zero-order valence-electron chi connectivity index (χ0n) is 13.8. The maximum Gasteiger partial charge on any atom is 0.167 e. The Bertz CT molecular complexity index is 890. The van der Waals surface area contributed by atoms with E-state index in [0.29, 0.717) is 17.8 Å². The van der Waals surface area contributed by atoms with E-state index >= 15 is 0 Å². The van der Waals surface area contributed by atoms with Crippen LogP contribution >= 0.6 is 0 Å². The third kappa shape index (κ3) is 3.00. The minimum atomic E-state index is -1.59. The van der Waals surface area contributed by atoms with Gasteiger partial charge in [0.2, 0.25) is 0 Å². The van der Waals surface area contributed by atoms with Crippen LogP contribution in [0.2, 0.25) is 0 Å². The van der Waals surface area contributed by atoms with Gasteiger partial charge in [0, 0.05) is 0 Å². The average molecular weight is 359 g/mol. The number of rotatable bonds is 5. The Balaban J connectivity index is 1.46. The van der Waals surface area contributed by atoms with Gasteiger partial charge in [-0.2, -0.15) is 0 Å². The molecule has 1 aromatic carbocycles. The normalized spacial score (nSPS) is 25.8. The summed E-state index contributed by atoms with van der Waals surface area (Å²) >= 11 is 0. The van der Waals surface area contributed by atoms with Crippen molar-refractivity contribution in [3.8, 4) is 0 Å². The van der Waals surface area contributed by atoms with Crippen LogP contribution in [-0.4, -0.2) is 49.6 Å². The van der Waals surface area contributed by atoms with E-state index in [0.717, 1.165) is 5.56 Å². The topological polar surface area (TPSA) is 108 Å². The first-order valence-electron chi connectivity index (χ1n) is 8.17. The summed E-state index contributed by atoms with van der Waals surface area (Å²) in [6.45, 7) is 0.360. The highest BCUT2D eigenvalue weighted by atomic mass is 19.1. The van der Waals surface area contributed by atoms with Crippen LogP contribution < -0.4 is 5.73 Å². The van der Waals surface area contributed by atoms with Crippen molar-refractivity contribution in [2.24, 2.45) is 0 Å². The number of halogens is 1. The standard InChI is InChI=1S/C17H18FN5O3/c18-12-11(7-25-6-10-4-2-1-3-5-10)26-17(14(12)24)23-9-22-13-15(19)20-8-21-16(13)23/h1-5,8-9,11-12,14,17,24H,6-7H2,(H2,19,20,21)/t11-,12-,14+,17-/m1/s1. The second-order valence-electron chi connectivity index (χ2n) is 6.08. The summed E-state index contributed by atoms with van der Waals surface area (Å²) in [4.78, 5) is 12.1. The van der Waals surface area contributed by atoms with E-state index in [4.69, 9.17) is 15.2 Å². The van der Waals surface area contributed by atoms with E-state index in [1.807, 2.05) is 30.3 Å². The summed E-state index contributed by atoms with van der Waals surface area (Å²) in [7, 11) is 0. The number of hydrogen-bond acceptors (Lipinski definition) is 7. The number of aromatic nitrogens is 4. The molecule has 0 unspecified atom stereocenters. The van der Waals surface area contributed by atoms with Gasteiger partial charge < -0.3 is 20.3 Å². The van der Waals surface area contributed by atoms with Crippen molar-refractivity contribution in [2.75, 3.05) is 12.3 Å². The van der Waals surface area contributed by atoms with E-state index in [9.17, 15) is 9.50 Å². The molecule has 0 spiro atoms. The van der Waals surface area contributed by atoms with Crippen molar-refractivity contribution in [2.45, 2.75) is 31.2 Å². The van der Waals surface area contributed by atoms with Gasteiger partial charge in [-0.25, -0.2) is 19.3 Å². The summed E-state index contributed by atoms with van der Waals surface area (Å²) in [5.41, 5.74) is 7.48. The number of imidazole rings is 1. The number of benzene rings is 1. The number of nitrogen functional groups attached to an aromatic ring is 1. The zero-order valence-corrected chi connectivity index (χ0v) is 13.8. The molecule has 9 heteroatoms. The van der Waals surface area contributed by atoms with Crippen LogP contribution in [0.3, 0.4) is 0 Å². The molecule has 4 atom stereocenters. The first kappa shape index (κ1) is 16.8. The third-order valence-corrected chi connectivity index (χ3v) is 4.34. The fourth-order valence-electron chi connectivity index (χ4n) is 3.00. The quantitative estimate of drug-likeness (QED) is 0.705. The Labute approximate surface area is 148 Å². The minimum absolute atomic E-state index is 0.0212. The molecule has 3 heterocycles. The number of nitrogens with zero attached hydrogens (tertiary/aromatic N) is 4. The molecule has 8 nitrogen and oxygen atoms in total. The SMILES string of the molecule is Nc1ncnc2c1ncn2[C@@H]1O[C@H](COCc2ccccc2)[C@@H](F)[C@@H]1O. The highest BCUT2D eigenvalue weighted by molar-refractivity contribution is 5.81. The molecule has 4 rings (SSSR count). The predicted molar refractivity (Wildman–Crippen MR) is 90.6 cm³/mol. The first-order chi connectivity index (χ1) is 12.6. The van der Waals surface area contributed by atoms with Crippen LogP contribution in [0.5, 0.6) is 0 Å². The van der Waals surface area contributed by atoms with Gasteiger partial charge in [-0.3, -0.25) is 4.57 Å². The van der Waals surface area contributed by atoms with Gasteiger partial charge in [0.05, 0.1) is 19.5 Å². The molecule has 0 saturated carbocycles. The van der Waals surface area contributed by atoms with Crippen LogP contribution in [0.15, 0.2) is 43.0 Å². The van der Waals surface area contributed by atoms with E-state index in [1.54, 1.807) is 0 Å². The highest BCUT2D eigenvalue weighted by Crippen LogP contribution is 2.33. The van der Waals surface area contributed by atoms with Crippen LogP contribution in [-0.2, 0) is 16.1 Å². The van der Waals surface area contributed by atoms with Crippen molar-refractivity contribution < 1.29 is 19.0 Å². The fraction of sp³-hybridized carbons (Fsp3) is 0.353. The third-order valence-electron chi connectivity index (χ3n) is 4.34. The van der Waals surface area contributed by atoms with Gasteiger partial charge in [0.25, 0.3) is 0 Å². The number of hydrogen-bond donors (Lipinski definition) is 2. The molecule has 1 aliphatic heterocycles. The van der Waals surface area contributed by atoms with Crippen molar-refractivity contribution in [3.63, 3.8) is 0 Å². The first-order valence-corrected chi connectivity index (χ1v) is 8.17. The molecule has 1 aliphatic rings. The maximum absolute atomic E-state index is 14.5. The maximum atomic E-state index is 14.5. The van der Waals surface area contributed by atoms with E-state index in [1.165, 1.54) is 17.2 Å². The van der Waals surface area contributed by atoms with Gasteiger partial charge in [-0.05, 0) is 5.56 Å². The lowest BCUT2D eigenvalue weighted by molar-refractivity contribution is -0.0647. The van der Waals surface area contributed by atoms with Crippen LogP contribution in [0.1, 0.15) is 11.8 Å². The molecule has 1 fully saturated rings. The van der Waals surface area contributed by atoms with Crippen molar-refractivity contribution >= 4 is 17.0 Å². The zero-order chi connectivity index (χ0) is 18.1. The molecule has 0 amide bonds. The average Bonchev–Trinajstić information content (AvgIpc) is 3.20. The summed E-state index contributed by atoms with van der Waals surface area (Å²) in [6, 6.07) is 9.55. The summed E-state index contributed by atoms with van der Waals surface area (Å²) in [5.74, 6) is 0.209. The second-order valence-corrected chi connectivity index (χ2v) is 6.08. The molecule has 2 aromatic heterocycles. The number of alkyl halides is 1. The molecule has 0 radical (unpaired) electrons. The van der Waals surface area contributed by atoms with Crippen LogP contribution in [0.25, 0.3) is 11.2 Å². The van der Waals surface area contributed by atoms with Crippen molar-refractivity contribution in [1.82, 2.24) is 19.5 Å². The van der Waals surface area contributed by atoms with E-state index in [2.05, 4.69) is 15.0 Å². The number of ether oxygens (including phenoxy) is 2. The smallest absolute Gasteiger partial charge is 0.167 e. The number of anilines is 1. The molecule has 0 bridgehead atoms. The Kier molecular flexibility index (Phi) is 4.49.